The summed E-state index contributed by atoms with van der Waals surface area (Å²) in [6.07, 6.45) is 123. The number of nitrogens with zero attached hydrogens (tertiary/aromatic N) is 2. The van der Waals surface area contributed by atoms with Crippen LogP contribution in [0.3, 0.4) is 0 Å². The molecule has 0 bridgehead atoms. The first kappa shape index (κ1) is 119. The minimum atomic E-state index is 0. The molecule has 0 amide bonds. The van der Waals surface area contributed by atoms with E-state index >= 15 is 0 Å². The normalized spacial score (nSPS) is 12.0. The largest absolute Gasteiger partial charge is 2.00 e. The quantitative estimate of drug-likeness (QED) is 0.0207. The molecule has 2 nitrogen and oxygen atoms in total. The third kappa shape index (κ3) is 74.1. The van der Waals surface area contributed by atoms with Crippen molar-refractivity contribution in [2.45, 2.75) is 633 Å². The molecule has 0 unspecified atom stereocenters. The number of allylic oxidation sites excluding steroid dienone is 2. The van der Waals surface area contributed by atoms with Crippen molar-refractivity contribution in [3.8, 4) is 11.8 Å². The van der Waals surface area contributed by atoms with Crippen molar-refractivity contribution in [3.05, 3.63) is 100 Å². The van der Waals surface area contributed by atoms with E-state index in [1.54, 1.807) is 4.70 Å². The molecule has 3 rings (SSSR count). The maximum atomic E-state index is 12.9. The number of benzene rings is 2. The topological polar surface area (TPSA) is 25.3 Å². The molecule has 1 aliphatic heterocycles. The second-order valence-electron chi connectivity index (χ2n) is 38.6. The van der Waals surface area contributed by atoms with Crippen LogP contribution in [-0.2, 0) is 42.2 Å². The molecule has 0 saturated carbocycles. The van der Waals surface area contributed by atoms with Gasteiger partial charge in [-0.15, -0.1) is 0 Å². The zero-order valence-electron chi connectivity index (χ0n) is 83.7. The number of rotatable bonds is 89. The van der Waals surface area contributed by atoms with Crippen LogP contribution < -0.4 is 0 Å². The third-order valence-corrected chi connectivity index (χ3v) is 26.5. The predicted molar refractivity (Wildman–Crippen MR) is 546 cm³/mol. The number of hydrogen-bond acceptors (Lipinski definition) is 0. The molecule has 0 fully saturated rings. The van der Waals surface area contributed by atoms with Crippen LogP contribution in [0.25, 0.3) is 16.9 Å². The van der Waals surface area contributed by atoms with Crippen molar-refractivity contribution in [2.75, 3.05) is 0 Å². The first-order valence-electron chi connectivity index (χ1n) is 55.6. The van der Waals surface area contributed by atoms with Gasteiger partial charge in [0.15, 0.2) is 0 Å². The standard InChI is InChI=1S/C60H96N2.2C29H59.Ni/c1-7-13-19-24-27-28-29-30-33-38-44-58-57(43-18-12-6)59(55-47-51(39-34-22-16-10-4)45-52(48-55)40-35-23-17-11-5)62(61)60(58)56-49-53(41-36-31-25-20-14-8-2)46-54(50-56)42-37-32-26-21-15-9-3;2*1-3-5-7-9-11-13-15-17-19-21-23-25-27-29-28-26-24-22-20-18-16-14-12-10-8-6-4-2;/h45-50H,7-37,39-43H2,1-6H3;2*1,3-29H2,2H3;/q;2*-1;+2. The summed E-state index contributed by atoms with van der Waals surface area (Å²) >= 11 is 0. The Kier molecular flexibility index (Phi) is 94.7. The maximum Gasteiger partial charge on any atom is 2.00 e. The van der Waals surface area contributed by atoms with Crippen LogP contribution in [0.2, 0.25) is 0 Å². The van der Waals surface area contributed by atoms with Crippen molar-refractivity contribution >= 4 is 11.4 Å². The van der Waals surface area contributed by atoms with Crippen molar-refractivity contribution in [3.63, 3.8) is 0 Å². The summed E-state index contributed by atoms with van der Waals surface area (Å²) in [5.41, 5.74) is 25.2. The summed E-state index contributed by atoms with van der Waals surface area (Å²) < 4.78 is 1.63. The van der Waals surface area contributed by atoms with Gasteiger partial charge < -0.3 is 19.4 Å². The van der Waals surface area contributed by atoms with Crippen molar-refractivity contribution in [1.29, 1.82) is 0 Å². The van der Waals surface area contributed by atoms with Crippen molar-refractivity contribution < 1.29 is 21.2 Å². The fraction of sp³-hybridized carbons (Fsp3) is 0.831. The molecule has 0 spiro atoms. The molecule has 0 N–H and O–H groups in total. The second kappa shape index (κ2) is 96.7. The van der Waals surface area contributed by atoms with E-state index in [-0.39, 0.29) is 16.5 Å². The molecule has 0 aromatic heterocycles. The Morgan fingerprint density at radius 2 is 0.397 bits per heavy atom. The molecule has 706 valence electrons. The van der Waals surface area contributed by atoms with Gasteiger partial charge in [-0.1, -0.05) is 567 Å². The molecular weight excluding hydrogens is 1500 g/mol. The van der Waals surface area contributed by atoms with Crippen LogP contribution in [0.5, 0.6) is 0 Å². The van der Waals surface area contributed by atoms with Crippen LogP contribution in [-0.4, -0.2) is 4.70 Å². The molecular formula is C118H214N2Ni. The van der Waals surface area contributed by atoms with E-state index in [0.717, 1.165) is 93.2 Å². The summed E-state index contributed by atoms with van der Waals surface area (Å²) in [6.45, 7) is 26.3. The minimum absolute atomic E-state index is 0. The summed E-state index contributed by atoms with van der Waals surface area (Å²) in [5.74, 6) is 7.52. The van der Waals surface area contributed by atoms with Crippen LogP contribution in [0.15, 0.2) is 47.5 Å². The van der Waals surface area contributed by atoms with Crippen LogP contribution in [0, 0.1) is 25.7 Å². The maximum absolute atomic E-state index is 12.9. The smallest absolute Gasteiger partial charge is 0.493 e. The Bertz CT molecular complexity index is 2420. The first-order chi connectivity index (χ1) is 59.3. The molecule has 2 aromatic rings. The van der Waals surface area contributed by atoms with Gasteiger partial charge >= 0.3 is 16.5 Å². The van der Waals surface area contributed by atoms with Crippen molar-refractivity contribution in [1.82, 2.24) is 0 Å². The molecule has 0 aliphatic carbocycles. The zero-order valence-corrected chi connectivity index (χ0v) is 84.7. The van der Waals surface area contributed by atoms with Gasteiger partial charge in [-0.05, 0) is 117 Å². The molecule has 3 heteroatoms. The molecule has 2 aromatic carbocycles. The summed E-state index contributed by atoms with van der Waals surface area (Å²) in [7, 11) is 0. The van der Waals surface area contributed by atoms with Gasteiger partial charge in [0, 0.05) is 23.1 Å². The summed E-state index contributed by atoms with van der Waals surface area (Å²) in [5, 5.41) is 0. The molecule has 1 heterocycles. The fourth-order valence-corrected chi connectivity index (χ4v) is 18.5. The number of unbranched alkanes of at least 4 members (excludes halogenated alkanes) is 77. The van der Waals surface area contributed by atoms with Gasteiger partial charge in [0.05, 0.1) is 0 Å². The summed E-state index contributed by atoms with van der Waals surface area (Å²) in [6, 6.07) is 14.7. The van der Waals surface area contributed by atoms with E-state index in [4.69, 9.17) is 0 Å². The van der Waals surface area contributed by atoms with Gasteiger partial charge in [-0.3, -0.25) is 0 Å². The average molecular weight is 1720 g/mol. The monoisotopic (exact) mass is 1720 g/mol. The Morgan fingerprint density at radius 3 is 0.612 bits per heavy atom. The minimum Gasteiger partial charge on any atom is -0.493 e. The van der Waals surface area contributed by atoms with Gasteiger partial charge in [-0.2, -0.15) is 12.8 Å². The SMILES string of the molecule is CCCCCCCCCCC#CC1=C(c2cc(CCCCCCCC)cc(CCCCCCCC)c2)[N+](=[N-])C(c2cc(CCCCCC)cc(CCCCCC)c2)=C1CCCC.[CH2-]CCCCCCCCCCCCCCCCCCCCCCCCCCCC.[CH2-]CCCCCCCCCCCCCCCCCCCCCCCCCCCC.[Ni+2]. The zero-order chi connectivity index (χ0) is 86.6. The molecule has 0 radical (unpaired) electrons. The van der Waals surface area contributed by atoms with Gasteiger partial charge in [0.2, 0.25) is 11.4 Å². The van der Waals surface area contributed by atoms with Gasteiger partial charge in [-0.25, -0.2) is 4.70 Å². The molecule has 0 saturated heterocycles. The van der Waals surface area contributed by atoms with E-state index in [2.05, 4.69) is 117 Å². The Labute approximate surface area is 772 Å². The average Bonchev–Trinajstić information content (AvgIpc) is 1.60. The second-order valence-corrected chi connectivity index (χ2v) is 38.6. The third-order valence-electron chi connectivity index (χ3n) is 26.5. The Morgan fingerprint density at radius 1 is 0.215 bits per heavy atom. The first-order valence-corrected chi connectivity index (χ1v) is 55.6. The van der Waals surface area contributed by atoms with Crippen LogP contribution >= 0.6 is 0 Å². The van der Waals surface area contributed by atoms with Gasteiger partial charge in [0.25, 0.3) is 0 Å². The van der Waals surface area contributed by atoms with Crippen LogP contribution in [0.1, 0.15) is 641 Å². The fourth-order valence-electron chi connectivity index (χ4n) is 18.5. The number of hydrogen-bond donors (Lipinski definition) is 0. The Balaban J connectivity index is 0.00000203. The molecule has 1 aliphatic rings. The molecule has 121 heavy (non-hydrogen) atoms. The van der Waals surface area contributed by atoms with Crippen LogP contribution in [0.4, 0.5) is 0 Å². The van der Waals surface area contributed by atoms with Crippen molar-refractivity contribution in [2.24, 2.45) is 0 Å². The predicted octanol–water partition coefficient (Wildman–Crippen LogP) is 42.4. The number of aryl methyl sites for hydroxylation is 4. The van der Waals surface area contributed by atoms with E-state index < -0.39 is 0 Å². The summed E-state index contributed by atoms with van der Waals surface area (Å²) in [4.78, 5) is 0. The van der Waals surface area contributed by atoms with E-state index in [0.29, 0.717) is 0 Å². The molecule has 0 atom stereocenters. The van der Waals surface area contributed by atoms with E-state index in [1.165, 1.54) is 541 Å². The Hall–Kier alpha value is -2.43. The van der Waals surface area contributed by atoms with E-state index in [1.807, 2.05) is 0 Å². The van der Waals surface area contributed by atoms with Gasteiger partial charge in [0.1, 0.15) is 5.57 Å². The van der Waals surface area contributed by atoms with E-state index in [9.17, 15) is 5.53 Å².